The van der Waals surface area contributed by atoms with Gasteiger partial charge in [0.25, 0.3) is 0 Å². The maximum Gasteiger partial charge on any atom is -0.00940 e. The van der Waals surface area contributed by atoms with Crippen molar-refractivity contribution in [2.45, 2.75) is 6.42 Å². The lowest BCUT2D eigenvalue weighted by Crippen LogP contribution is -1.90. The molecule has 0 saturated heterocycles. The minimum atomic E-state index is 0.973. The summed E-state index contributed by atoms with van der Waals surface area (Å²) in [6.45, 7) is 4.05. The van der Waals surface area contributed by atoms with E-state index in [2.05, 4.69) is 49.1 Å². The normalized spacial score (nSPS) is 15.7. The topological polar surface area (TPSA) is 0 Å². The Morgan fingerprint density at radius 2 is 1.85 bits per heavy atom. The quantitative estimate of drug-likeness (QED) is 0.601. The highest BCUT2D eigenvalue weighted by molar-refractivity contribution is 5.80. The van der Waals surface area contributed by atoms with Gasteiger partial charge in [-0.1, -0.05) is 55.1 Å². The SMILES string of the molecule is C=C1CC=CC=C1c1ccccc1. The van der Waals surface area contributed by atoms with Crippen LogP contribution in [0.4, 0.5) is 0 Å². The van der Waals surface area contributed by atoms with Crippen LogP contribution in [-0.4, -0.2) is 0 Å². The molecular formula is C13H12. The Labute approximate surface area is 78.9 Å². The Bertz CT molecular complexity index is 366. The van der Waals surface area contributed by atoms with Crippen LogP contribution in [0.3, 0.4) is 0 Å². The zero-order valence-electron chi connectivity index (χ0n) is 7.53. The molecule has 0 radical (unpaired) electrons. The summed E-state index contributed by atoms with van der Waals surface area (Å²) in [5, 5.41) is 0. The molecule has 0 saturated carbocycles. The van der Waals surface area contributed by atoms with Crippen LogP contribution in [0.25, 0.3) is 5.57 Å². The molecule has 0 fully saturated rings. The van der Waals surface area contributed by atoms with E-state index in [1.165, 1.54) is 16.7 Å². The van der Waals surface area contributed by atoms with E-state index in [1.807, 2.05) is 6.07 Å². The molecule has 0 N–H and O–H groups in total. The second-order valence-corrected chi connectivity index (χ2v) is 3.18. The predicted octanol–water partition coefficient (Wildman–Crippen LogP) is 3.59. The van der Waals surface area contributed by atoms with E-state index in [0.29, 0.717) is 0 Å². The van der Waals surface area contributed by atoms with E-state index in [9.17, 15) is 0 Å². The van der Waals surface area contributed by atoms with Gasteiger partial charge in [0.15, 0.2) is 0 Å². The molecule has 0 heterocycles. The molecule has 1 aromatic rings. The van der Waals surface area contributed by atoms with Gasteiger partial charge in [0, 0.05) is 0 Å². The van der Waals surface area contributed by atoms with Crippen molar-refractivity contribution in [2.24, 2.45) is 0 Å². The second kappa shape index (κ2) is 3.44. The van der Waals surface area contributed by atoms with Crippen LogP contribution in [0.1, 0.15) is 12.0 Å². The number of allylic oxidation sites excluding steroid dienone is 5. The lowest BCUT2D eigenvalue weighted by Gasteiger charge is -2.11. The molecule has 0 heteroatoms. The summed E-state index contributed by atoms with van der Waals surface area (Å²) in [7, 11) is 0. The van der Waals surface area contributed by atoms with Gasteiger partial charge in [0.1, 0.15) is 0 Å². The molecule has 0 atom stereocenters. The number of rotatable bonds is 1. The molecular weight excluding hydrogens is 156 g/mol. The van der Waals surface area contributed by atoms with Crippen molar-refractivity contribution in [1.29, 1.82) is 0 Å². The molecule has 0 unspecified atom stereocenters. The molecule has 0 bridgehead atoms. The third-order valence-corrected chi connectivity index (χ3v) is 2.23. The van der Waals surface area contributed by atoms with Gasteiger partial charge in [0.05, 0.1) is 0 Å². The van der Waals surface area contributed by atoms with Crippen molar-refractivity contribution in [1.82, 2.24) is 0 Å². The Balaban J connectivity index is 2.41. The largest absolute Gasteiger partial charge is 0.0949 e. The summed E-state index contributed by atoms with van der Waals surface area (Å²) < 4.78 is 0. The van der Waals surface area contributed by atoms with Crippen molar-refractivity contribution in [2.75, 3.05) is 0 Å². The van der Waals surface area contributed by atoms with E-state index in [1.54, 1.807) is 0 Å². The Morgan fingerprint density at radius 1 is 1.08 bits per heavy atom. The van der Waals surface area contributed by atoms with Crippen LogP contribution in [0, 0.1) is 0 Å². The summed E-state index contributed by atoms with van der Waals surface area (Å²) in [6.07, 6.45) is 7.33. The van der Waals surface area contributed by atoms with Gasteiger partial charge in [-0.15, -0.1) is 0 Å². The Hall–Kier alpha value is -1.56. The van der Waals surface area contributed by atoms with E-state index in [4.69, 9.17) is 0 Å². The van der Waals surface area contributed by atoms with Gasteiger partial charge in [-0.25, -0.2) is 0 Å². The summed E-state index contributed by atoms with van der Waals surface area (Å²) in [5.74, 6) is 0. The molecule has 0 spiro atoms. The first kappa shape index (κ1) is 8.06. The zero-order chi connectivity index (χ0) is 9.10. The average Bonchev–Trinajstić information content (AvgIpc) is 2.20. The van der Waals surface area contributed by atoms with Gasteiger partial charge in [-0.05, 0) is 23.1 Å². The molecule has 0 nitrogen and oxygen atoms in total. The van der Waals surface area contributed by atoms with Gasteiger partial charge in [-0.2, -0.15) is 0 Å². The number of hydrogen-bond acceptors (Lipinski definition) is 0. The summed E-state index contributed by atoms with van der Waals surface area (Å²) in [6, 6.07) is 10.4. The molecule has 1 aliphatic carbocycles. The fourth-order valence-electron chi connectivity index (χ4n) is 1.52. The summed E-state index contributed by atoms with van der Waals surface area (Å²) >= 11 is 0. The van der Waals surface area contributed by atoms with E-state index >= 15 is 0 Å². The summed E-state index contributed by atoms with van der Waals surface area (Å²) in [4.78, 5) is 0. The Kier molecular flexibility index (Phi) is 2.13. The Morgan fingerprint density at radius 3 is 2.54 bits per heavy atom. The van der Waals surface area contributed by atoms with Gasteiger partial charge >= 0.3 is 0 Å². The van der Waals surface area contributed by atoms with Gasteiger partial charge < -0.3 is 0 Å². The van der Waals surface area contributed by atoms with Crippen LogP contribution in [0.15, 0.2) is 60.7 Å². The molecule has 0 aromatic heterocycles. The predicted molar refractivity (Wildman–Crippen MR) is 57.3 cm³/mol. The van der Waals surface area contributed by atoms with Crippen molar-refractivity contribution >= 4 is 5.57 Å². The fraction of sp³-hybridized carbons (Fsp3) is 0.0769. The van der Waals surface area contributed by atoms with E-state index in [0.717, 1.165) is 6.42 Å². The van der Waals surface area contributed by atoms with Gasteiger partial charge in [-0.3, -0.25) is 0 Å². The van der Waals surface area contributed by atoms with Crippen LogP contribution < -0.4 is 0 Å². The first-order valence-electron chi connectivity index (χ1n) is 4.48. The van der Waals surface area contributed by atoms with Crippen LogP contribution in [-0.2, 0) is 0 Å². The third kappa shape index (κ3) is 1.62. The zero-order valence-corrected chi connectivity index (χ0v) is 7.53. The number of benzene rings is 1. The van der Waals surface area contributed by atoms with Crippen molar-refractivity contribution in [3.8, 4) is 0 Å². The van der Waals surface area contributed by atoms with Crippen molar-refractivity contribution in [3.63, 3.8) is 0 Å². The third-order valence-electron chi connectivity index (χ3n) is 2.23. The van der Waals surface area contributed by atoms with Crippen molar-refractivity contribution < 1.29 is 0 Å². The molecule has 1 aliphatic rings. The van der Waals surface area contributed by atoms with Crippen LogP contribution >= 0.6 is 0 Å². The highest BCUT2D eigenvalue weighted by atomic mass is 14.1. The first-order chi connectivity index (χ1) is 6.38. The summed E-state index contributed by atoms with van der Waals surface area (Å²) in [5.41, 5.74) is 3.73. The smallest absolute Gasteiger partial charge is 0.00940 e. The van der Waals surface area contributed by atoms with Crippen LogP contribution in [0.2, 0.25) is 0 Å². The first-order valence-corrected chi connectivity index (χ1v) is 4.48. The fourth-order valence-corrected chi connectivity index (χ4v) is 1.52. The standard InChI is InChI=1S/C13H12/c1-11-7-5-6-10-13(11)12-8-3-2-4-9-12/h2-6,8-10H,1,7H2. The monoisotopic (exact) mass is 168 g/mol. The maximum absolute atomic E-state index is 4.05. The molecule has 1 aromatic carbocycles. The second-order valence-electron chi connectivity index (χ2n) is 3.18. The molecule has 0 amide bonds. The van der Waals surface area contributed by atoms with Gasteiger partial charge in [0.2, 0.25) is 0 Å². The highest BCUT2D eigenvalue weighted by Crippen LogP contribution is 2.26. The maximum atomic E-state index is 4.05. The average molecular weight is 168 g/mol. The molecule has 64 valence electrons. The lowest BCUT2D eigenvalue weighted by molar-refractivity contribution is 1.28. The minimum Gasteiger partial charge on any atom is -0.0949 e. The van der Waals surface area contributed by atoms with E-state index in [-0.39, 0.29) is 0 Å². The van der Waals surface area contributed by atoms with E-state index < -0.39 is 0 Å². The lowest BCUT2D eigenvalue weighted by atomic mass is 9.93. The molecule has 0 aliphatic heterocycles. The highest BCUT2D eigenvalue weighted by Gasteiger charge is 2.05. The van der Waals surface area contributed by atoms with Crippen LogP contribution in [0.5, 0.6) is 0 Å². The van der Waals surface area contributed by atoms with Crippen molar-refractivity contribution in [3.05, 3.63) is 66.3 Å². The molecule has 13 heavy (non-hydrogen) atoms. The molecule has 2 rings (SSSR count). The minimum absolute atomic E-state index is 0.973. The number of hydrogen-bond donors (Lipinski definition) is 0.